The van der Waals surface area contributed by atoms with E-state index in [4.69, 9.17) is 0 Å². The summed E-state index contributed by atoms with van der Waals surface area (Å²) in [7, 11) is -3.06. The second-order valence-electron chi connectivity index (χ2n) is 6.78. The monoisotopic (exact) mass is 274 g/mol. The van der Waals surface area contributed by atoms with Gasteiger partial charge in [0, 0.05) is 19.1 Å². The Morgan fingerprint density at radius 2 is 1.89 bits per heavy atom. The molecule has 106 valence electrons. The van der Waals surface area contributed by atoms with Crippen LogP contribution in [0.15, 0.2) is 0 Å². The Hall–Kier alpha value is -0.130. The van der Waals surface area contributed by atoms with E-state index in [9.17, 15) is 8.42 Å². The van der Waals surface area contributed by atoms with Crippen LogP contribution in [-0.4, -0.2) is 33.8 Å². The molecule has 0 spiro atoms. The zero-order chi connectivity index (χ0) is 13.6. The lowest BCUT2D eigenvalue weighted by Crippen LogP contribution is -2.46. The van der Waals surface area contributed by atoms with Crippen molar-refractivity contribution in [3.63, 3.8) is 0 Å². The van der Waals surface area contributed by atoms with Crippen LogP contribution < -0.4 is 10.0 Å². The summed E-state index contributed by atoms with van der Waals surface area (Å²) in [6.07, 6.45) is 5.09. The van der Waals surface area contributed by atoms with Crippen LogP contribution in [-0.2, 0) is 10.0 Å². The molecule has 3 atom stereocenters. The first-order valence-electron chi connectivity index (χ1n) is 6.85. The Morgan fingerprint density at radius 3 is 2.33 bits per heavy atom. The summed E-state index contributed by atoms with van der Waals surface area (Å²) >= 11 is 0. The second-order valence-corrected chi connectivity index (χ2v) is 8.62. The molecule has 5 heteroatoms. The third-order valence-electron chi connectivity index (χ3n) is 5.67. The van der Waals surface area contributed by atoms with Gasteiger partial charge in [-0.25, -0.2) is 13.1 Å². The summed E-state index contributed by atoms with van der Waals surface area (Å²) in [5.41, 5.74) is 0.775. The predicted octanol–water partition coefficient (Wildman–Crippen LogP) is 1.34. The first kappa shape index (κ1) is 14.3. The van der Waals surface area contributed by atoms with Crippen LogP contribution in [0, 0.1) is 16.7 Å². The standard InChI is InChI=1S/C13H26N2O2S/c1-12(2)10-5-6-13(12,3)11(9-10)14-7-8-15-18(4,16)17/h10-11,14-15H,5-9H2,1-4H3. The van der Waals surface area contributed by atoms with Crippen LogP contribution in [0.5, 0.6) is 0 Å². The first-order valence-corrected chi connectivity index (χ1v) is 8.74. The largest absolute Gasteiger partial charge is 0.312 e. The molecule has 2 saturated carbocycles. The number of hydrogen-bond donors (Lipinski definition) is 2. The fourth-order valence-corrected chi connectivity index (χ4v) is 4.47. The van der Waals surface area contributed by atoms with Crippen molar-refractivity contribution in [2.75, 3.05) is 19.3 Å². The van der Waals surface area contributed by atoms with Crippen LogP contribution in [0.1, 0.15) is 40.0 Å². The minimum Gasteiger partial charge on any atom is -0.312 e. The van der Waals surface area contributed by atoms with Gasteiger partial charge in [-0.1, -0.05) is 20.8 Å². The molecule has 2 bridgehead atoms. The molecule has 0 amide bonds. The fourth-order valence-electron chi connectivity index (χ4n) is 4.00. The molecular formula is C13H26N2O2S. The number of sulfonamides is 1. The quantitative estimate of drug-likeness (QED) is 0.744. The van der Waals surface area contributed by atoms with Crippen molar-refractivity contribution < 1.29 is 8.42 Å². The molecule has 2 rings (SSSR count). The van der Waals surface area contributed by atoms with Gasteiger partial charge in [0.2, 0.25) is 10.0 Å². The molecule has 0 radical (unpaired) electrons. The van der Waals surface area contributed by atoms with E-state index < -0.39 is 10.0 Å². The van der Waals surface area contributed by atoms with Gasteiger partial charge in [0.05, 0.1) is 6.26 Å². The van der Waals surface area contributed by atoms with Crippen LogP contribution in [0.25, 0.3) is 0 Å². The Kier molecular flexibility index (Phi) is 3.54. The fraction of sp³-hybridized carbons (Fsp3) is 1.00. The number of nitrogens with one attached hydrogen (secondary N) is 2. The van der Waals surface area contributed by atoms with E-state index in [1.54, 1.807) is 0 Å². The van der Waals surface area contributed by atoms with Crippen LogP contribution in [0.3, 0.4) is 0 Å². The van der Waals surface area contributed by atoms with E-state index in [0.29, 0.717) is 23.4 Å². The van der Waals surface area contributed by atoms with Gasteiger partial charge in [0.25, 0.3) is 0 Å². The van der Waals surface area contributed by atoms with E-state index in [1.807, 2.05) is 0 Å². The summed E-state index contributed by atoms with van der Waals surface area (Å²) in [5, 5.41) is 3.55. The SMILES string of the molecule is CC1(C)C2CCC1(C)C(NCCNS(C)(=O)=O)C2. The molecule has 2 aliphatic carbocycles. The molecule has 0 aliphatic heterocycles. The van der Waals surface area contributed by atoms with Crippen LogP contribution in [0.2, 0.25) is 0 Å². The topological polar surface area (TPSA) is 58.2 Å². The third-order valence-corrected chi connectivity index (χ3v) is 6.40. The molecule has 2 fully saturated rings. The van der Waals surface area contributed by atoms with E-state index in [-0.39, 0.29) is 0 Å². The van der Waals surface area contributed by atoms with E-state index >= 15 is 0 Å². The van der Waals surface area contributed by atoms with Crippen LogP contribution in [0.4, 0.5) is 0 Å². The summed E-state index contributed by atoms with van der Waals surface area (Å²) in [5.74, 6) is 0.822. The summed E-state index contributed by atoms with van der Waals surface area (Å²) in [6.45, 7) is 8.37. The number of hydrogen-bond acceptors (Lipinski definition) is 3. The highest BCUT2D eigenvalue weighted by Crippen LogP contribution is 2.65. The predicted molar refractivity (Wildman–Crippen MR) is 73.9 cm³/mol. The van der Waals surface area contributed by atoms with Gasteiger partial charge in [-0.15, -0.1) is 0 Å². The molecule has 4 nitrogen and oxygen atoms in total. The maximum atomic E-state index is 11.0. The lowest BCUT2D eigenvalue weighted by molar-refractivity contribution is 0.121. The number of rotatable bonds is 5. The van der Waals surface area contributed by atoms with Crippen molar-refractivity contribution in [2.24, 2.45) is 16.7 Å². The molecule has 0 aromatic carbocycles. The molecule has 18 heavy (non-hydrogen) atoms. The van der Waals surface area contributed by atoms with Gasteiger partial charge in [-0.2, -0.15) is 0 Å². The van der Waals surface area contributed by atoms with E-state index in [2.05, 4.69) is 30.8 Å². The average Bonchev–Trinajstić information content (AvgIpc) is 2.55. The highest BCUT2D eigenvalue weighted by Gasteiger charge is 2.60. The van der Waals surface area contributed by atoms with Crippen molar-refractivity contribution in [3.8, 4) is 0 Å². The maximum absolute atomic E-state index is 11.0. The van der Waals surface area contributed by atoms with E-state index in [1.165, 1.54) is 25.5 Å². The Bertz CT molecular complexity index is 419. The molecule has 0 aromatic heterocycles. The van der Waals surface area contributed by atoms with Gasteiger partial charge in [-0.05, 0) is 36.0 Å². The van der Waals surface area contributed by atoms with Gasteiger partial charge >= 0.3 is 0 Å². The van der Waals surface area contributed by atoms with Gasteiger partial charge in [0.1, 0.15) is 0 Å². The Morgan fingerprint density at radius 1 is 1.22 bits per heavy atom. The molecule has 3 unspecified atom stereocenters. The normalized spacial score (nSPS) is 38.2. The molecule has 0 saturated heterocycles. The Balaban J connectivity index is 1.86. The zero-order valence-electron chi connectivity index (χ0n) is 11.9. The molecular weight excluding hydrogens is 248 g/mol. The highest BCUT2D eigenvalue weighted by atomic mass is 32.2. The van der Waals surface area contributed by atoms with Gasteiger partial charge < -0.3 is 5.32 Å². The summed E-state index contributed by atoms with van der Waals surface area (Å²) < 4.78 is 24.5. The molecule has 0 heterocycles. The van der Waals surface area contributed by atoms with Crippen molar-refractivity contribution in [2.45, 2.75) is 46.1 Å². The first-order chi connectivity index (χ1) is 8.17. The maximum Gasteiger partial charge on any atom is 0.208 e. The minimum atomic E-state index is -3.06. The molecule has 0 aromatic rings. The minimum absolute atomic E-state index is 0.364. The Labute approximate surface area is 111 Å². The average molecular weight is 274 g/mol. The smallest absolute Gasteiger partial charge is 0.208 e. The lowest BCUT2D eigenvalue weighted by atomic mass is 9.69. The highest BCUT2D eigenvalue weighted by molar-refractivity contribution is 7.88. The van der Waals surface area contributed by atoms with Crippen LogP contribution >= 0.6 is 0 Å². The van der Waals surface area contributed by atoms with Crippen molar-refractivity contribution in [1.82, 2.24) is 10.0 Å². The van der Waals surface area contributed by atoms with E-state index in [0.717, 1.165) is 12.5 Å². The summed E-state index contributed by atoms with van der Waals surface area (Å²) in [4.78, 5) is 0. The van der Waals surface area contributed by atoms with Crippen molar-refractivity contribution in [3.05, 3.63) is 0 Å². The van der Waals surface area contributed by atoms with Crippen molar-refractivity contribution >= 4 is 10.0 Å². The second kappa shape index (κ2) is 4.46. The molecule has 2 N–H and O–H groups in total. The summed E-state index contributed by atoms with van der Waals surface area (Å²) in [6, 6.07) is 0.535. The van der Waals surface area contributed by atoms with Crippen molar-refractivity contribution in [1.29, 1.82) is 0 Å². The van der Waals surface area contributed by atoms with Gasteiger partial charge in [0.15, 0.2) is 0 Å². The third kappa shape index (κ3) is 2.32. The van der Waals surface area contributed by atoms with Gasteiger partial charge in [-0.3, -0.25) is 0 Å². The number of fused-ring (bicyclic) bond motifs is 2. The zero-order valence-corrected chi connectivity index (χ0v) is 12.7. The lowest BCUT2D eigenvalue weighted by Gasteiger charge is -2.39. The molecule has 2 aliphatic rings.